The highest BCUT2D eigenvalue weighted by Gasteiger charge is 2.34. The van der Waals surface area contributed by atoms with E-state index in [1.54, 1.807) is 19.1 Å². The molecule has 1 fully saturated rings. The first kappa shape index (κ1) is 14.5. The second kappa shape index (κ2) is 5.63. The van der Waals surface area contributed by atoms with Gasteiger partial charge in [0.25, 0.3) is 0 Å². The summed E-state index contributed by atoms with van der Waals surface area (Å²) in [5.41, 5.74) is 7.95. The quantitative estimate of drug-likeness (QED) is 0.847. The van der Waals surface area contributed by atoms with E-state index in [2.05, 4.69) is 4.90 Å². The van der Waals surface area contributed by atoms with E-state index in [1.807, 2.05) is 13.0 Å². The van der Waals surface area contributed by atoms with Gasteiger partial charge in [-0.05, 0) is 36.1 Å². The molecule has 1 aliphatic heterocycles. The predicted molar refractivity (Wildman–Crippen MR) is 75.3 cm³/mol. The number of hydrogen-bond donors (Lipinski definition) is 2. The summed E-state index contributed by atoms with van der Waals surface area (Å²) in [4.78, 5) is 24.2. The van der Waals surface area contributed by atoms with E-state index in [-0.39, 0.29) is 11.8 Å². The molecule has 5 heteroatoms. The number of aliphatic carboxylic acids is 1. The average Bonchev–Trinajstić information content (AvgIpc) is 2.33. The lowest BCUT2D eigenvalue weighted by molar-refractivity contribution is -0.145. The molecule has 1 aliphatic rings. The highest BCUT2D eigenvalue weighted by atomic mass is 16.4. The van der Waals surface area contributed by atoms with E-state index in [0.29, 0.717) is 5.56 Å². The summed E-state index contributed by atoms with van der Waals surface area (Å²) in [6.07, 6.45) is 0. The number of nitrogens with zero attached hydrogens (tertiary/aromatic N) is 1. The van der Waals surface area contributed by atoms with Crippen LogP contribution in [-0.2, 0) is 11.3 Å². The molecule has 108 valence electrons. The van der Waals surface area contributed by atoms with Crippen LogP contribution >= 0.6 is 0 Å². The average molecular weight is 276 g/mol. The van der Waals surface area contributed by atoms with Crippen LogP contribution in [0.5, 0.6) is 0 Å². The molecular formula is C15H20N2O3. The third-order valence-electron chi connectivity index (χ3n) is 4.10. The Kier molecular flexibility index (Phi) is 4.09. The highest BCUT2D eigenvalue weighted by molar-refractivity contribution is 5.93. The number of nitrogens with two attached hydrogens (primary N) is 1. The van der Waals surface area contributed by atoms with Crippen molar-refractivity contribution in [1.82, 2.24) is 4.90 Å². The fourth-order valence-electron chi connectivity index (χ4n) is 2.52. The first-order chi connectivity index (χ1) is 9.38. The van der Waals surface area contributed by atoms with E-state index in [1.165, 1.54) is 0 Å². The molecule has 2 rings (SSSR count). The van der Waals surface area contributed by atoms with Crippen molar-refractivity contribution < 1.29 is 14.7 Å². The molecule has 1 amide bonds. The van der Waals surface area contributed by atoms with Crippen molar-refractivity contribution in [2.24, 2.45) is 17.6 Å². The molecule has 1 saturated heterocycles. The lowest BCUT2D eigenvalue weighted by Crippen LogP contribution is -2.50. The highest BCUT2D eigenvalue weighted by Crippen LogP contribution is 2.26. The molecule has 1 aromatic carbocycles. The SMILES string of the molecule is Cc1cc(C(N)=O)ccc1CN1CC(C(C)C(=O)O)C1. The maximum Gasteiger partial charge on any atom is 0.306 e. The van der Waals surface area contributed by atoms with E-state index >= 15 is 0 Å². The standard InChI is InChI=1S/C15H20N2O3/c1-9-5-11(14(16)18)3-4-12(9)6-17-7-13(8-17)10(2)15(19)20/h3-5,10,13H,6-8H2,1-2H3,(H2,16,18)(H,19,20). The zero-order chi connectivity index (χ0) is 14.9. The number of amides is 1. The number of aryl methyl sites for hydroxylation is 1. The van der Waals surface area contributed by atoms with Crippen LogP contribution in [0.3, 0.4) is 0 Å². The minimum Gasteiger partial charge on any atom is -0.481 e. The van der Waals surface area contributed by atoms with Gasteiger partial charge in [0, 0.05) is 25.2 Å². The van der Waals surface area contributed by atoms with Gasteiger partial charge in [0.15, 0.2) is 0 Å². The number of likely N-dealkylation sites (tertiary alicyclic amines) is 1. The Bertz CT molecular complexity index is 536. The molecule has 1 heterocycles. The minimum atomic E-state index is -0.725. The zero-order valence-electron chi connectivity index (χ0n) is 11.8. The van der Waals surface area contributed by atoms with E-state index in [9.17, 15) is 9.59 Å². The van der Waals surface area contributed by atoms with Gasteiger partial charge in [0.2, 0.25) is 5.91 Å². The molecule has 1 aromatic rings. The van der Waals surface area contributed by atoms with Crippen LogP contribution < -0.4 is 5.73 Å². The number of benzene rings is 1. The Morgan fingerprint density at radius 2 is 2.10 bits per heavy atom. The zero-order valence-corrected chi connectivity index (χ0v) is 11.8. The smallest absolute Gasteiger partial charge is 0.306 e. The number of hydrogen-bond acceptors (Lipinski definition) is 3. The first-order valence-corrected chi connectivity index (χ1v) is 6.73. The van der Waals surface area contributed by atoms with Crippen LogP contribution in [-0.4, -0.2) is 35.0 Å². The molecule has 0 spiro atoms. The van der Waals surface area contributed by atoms with Gasteiger partial charge in [-0.25, -0.2) is 0 Å². The molecule has 1 atom stereocenters. The van der Waals surface area contributed by atoms with Gasteiger partial charge in [-0.1, -0.05) is 13.0 Å². The van der Waals surface area contributed by atoms with E-state index < -0.39 is 11.9 Å². The topological polar surface area (TPSA) is 83.6 Å². The fraction of sp³-hybridized carbons (Fsp3) is 0.467. The second-order valence-corrected chi connectivity index (χ2v) is 5.59. The third-order valence-corrected chi connectivity index (χ3v) is 4.10. The monoisotopic (exact) mass is 276 g/mol. The van der Waals surface area contributed by atoms with Crippen molar-refractivity contribution >= 4 is 11.9 Å². The fourth-order valence-corrected chi connectivity index (χ4v) is 2.52. The molecule has 1 unspecified atom stereocenters. The number of primary amides is 1. The largest absolute Gasteiger partial charge is 0.481 e. The summed E-state index contributed by atoms with van der Waals surface area (Å²) < 4.78 is 0. The normalized spacial score (nSPS) is 17.5. The van der Waals surface area contributed by atoms with Crippen LogP contribution in [0, 0.1) is 18.8 Å². The molecular weight excluding hydrogens is 256 g/mol. The first-order valence-electron chi connectivity index (χ1n) is 6.73. The summed E-state index contributed by atoms with van der Waals surface area (Å²) in [7, 11) is 0. The molecule has 0 saturated carbocycles. The van der Waals surface area contributed by atoms with Gasteiger partial charge in [-0.15, -0.1) is 0 Å². The summed E-state index contributed by atoms with van der Waals surface area (Å²) in [6, 6.07) is 5.46. The predicted octanol–water partition coefficient (Wildman–Crippen LogP) is 1.25. The summed E-state index contributed by atoms with van der Waals surface area (Å²) in [5.74, 6) is -1.20. The molecule has 0 radical (unpaired) electrons. The summed E-state index contributed by atoms with van der Waals surface area (Å²) >= 11 is 0. The Labute approximate surface area is 118 Å². The Morgan fingerprint density at radius 3 is 2.60 bits per heavy atom. The van der Waals surface area contributed by atoms with Crippen molar-refractivity contribution in [3.63, 3.8) is 0 Å². The van der Waals surface area contributed by atoms with Crippen LogP contribution in [0.2, 0.25) is 0 Å². The third kappa shape index (κ3) is 2.99. The van der Waals surface area contributed by atoms with E-state index in [4.69, 9.17) is 10.8 Å². The molecule has 0 aromatic heterocycles. The number of carbonyl (C=O) groups is 2. The van der Waals surface area contributed by atoms with Gasteiger partial charge in [-0.3, -0.25) is 14.5 Å². The van der Waals surface area contributed by atoms with Crippen molar-refractivity contribution in [3.8, 4) is 0 Å². The lowest BCUT2D eigenvalue weighted by atomic mass is 9.86. The van der Waals surface area contributed by atoms with Gasteiger partial charge >= 0.3 is 5.97 Å². The number of rotatable bonds is 5. The van der Waals surface area contributed by atoms with Crippen LogP contribution in [0.4, 0.5) is 0 Å². The van der Waals surface area contributed by atoms with Gasteiger partial charge in [-0.2, -0.15) is 0 Å². The van der Waals surface area contributed by atoms with Crippen molar-refractivity contribution in [2.75, 3.05) is 13.1 Å². The lowest BCUT2D eigenvalue weighted by Gasteiger charge is -2.41. The van der Waals surface area contributed by atoms with Gasteiger partial charge in [0.1, 0.15) is 0 Å². The Morgan fingerprint density at radius 1 is 1.45 bits per heavy atom. The number of carboxylic acid groups (broad SMARTS) is 1. The van der Waals surface area contributed by atoms with Crippen molar-refractivity contribution in [3.05, 3.63) is 34.9 Å². The number of carboxylic acids is 1. The molecule has 0 aliphatic carbocycles. The summed E-state index contributed by atoms with van der Waals surface area (Å²) in [5, 5.41) is 8.96. The molecule has 5 nitrogen and oxygen atoms in total. The van der Waals surface area contributed by atoms with Crippen molar-refractivity contribution in [2.45, 2.75) is 20.4 Å². The number of carbonyl (C=O) groups excluding carboxylic acids is 1. The van der Waals surface area contributed by atoms with Crippen molar-refractivity contribution in [1.29, 1.82) is 0 Å². The van der Waals surface area contributed by atoms with Crippen LogP contribution in [0.15, 0.2) is 18.2 Å². The van der Waals surface area contributed by atoms with Gasteiger partial charge in [0.05, 0.1) is 5.92 Å². The summed E-state index contributed by atoms with van der Waals surface area (Å²) in [6.45, 7) is 6.12. The van der Waals surface area contributed by atoms with E-state index in [0.717, 1.165) is 30.8 Å². The Hall–Kier alpha value is -1.88. The molecule has 3 N–H and O–H groups in total. The van der Waals surface area contributed by atoms with Crippen LogP contribution in [0.25, 0.3) is 0 Å². The Balaban J connectivity index is 1.93. The molecule has 20 heavy (non-hydrogen) atoms. The van der Waals surface area contributed by atoms with Crippen LogP contribution in [0.1, 0.15) is 28.4 Å². The maximum atomic E-state index is 11.1. The maximum absolute atomic E-state index is 11.1. The van der Waals surface area contributed by atoms with Gasteiger partial charge < -0.3 is 10.8 Å². The second-order valence-electron chi connectivity index (χ2n) is 5.59. The minimum absolute atomic E-state index is 0.234. The molecule has 0 bridgehead atoms.